The molecule has 0 spiro atoms. The number of benzene rings is 2. The maximum atomic E-state index is 14.4. The summed E-state index contributed by atoms with van der Waals surface area (Å²) in [7, 11) is 0. The number of nitrogens with zero attached hydrogens (tertiary/aromatic N) is 3. The molecule has 0 amide bonds. The molecule has 142 valence electrons. The van der Waals surface area contributed by atoms with E-state index in [1.54, 1.807) is 0 Å². The first-order valence-corrected chi connectivity index (χ1v) is 7.76. The lowest BCUT2D eigenvalue weighted by molar-refractivity contribution is -0.140. The summed E-state index contributed by atoms with van der Waals surface area (Å²) in [5.41, 5.74) is -1.69. The first-order valence-electron chi connectivity index (χ1n) is 7.38. The zero-order valence-electron chi connectivity index (χ0n) is 13.4. The van der Waals surface area contributed by atoms with Gasteiger partial charge >= 0.3 is 12.1 Å². The van der Waals surface area contributed by atoms with Gasteiger partial charge in [-0.1, -0.05) is 16.8 Å². The van der Waals surface area contributed by atoms with Crippen LogP contribution in [0.2, 0.25) is 5.02 Å². The number of alkyl halides is 3. The van der Waals surface area contributed by atoms with E-state index < -0.39 is 40.3 Å². The Kier molecular flexibility index (Phi) is 4.46. The predicted molar refractivity (Wildman–Crippen MR) is 86.9 cm³/mol. The van der Waals surface area contributed by atoms with Crippen molar-refractivity contribution in [1.29, 1.82) is 0 Å². The van der Waals surface area contributed by atoms with Crippen molar-refractivity contribution >= 4 is 28.6 Å². The fourth-order valence-electron chi connectivity index (χ4n) is 2.57. The van der Waals surface area contributed by atoms with Crippen LogP contribution in [-0.4, -0.2) is 31.2 Å². The van der Waals surface area contributed by atoms with Crippen LogP contribution in [0.1, 0.15) is 18.5 Å². The minimum atomic E-state index is -4.78. The summed E-state index contributed by atoms with van der Waals surface area (Å²) in [5.74, 6) is -2.94. The molecular weight excluding hydrogens is 394 g/mol. The molecule has 27 heavy (non-hydrogen) atoms. The van der Waals surface area contributed by atoms with Crippen molar-refractivity contribution < 1.29 is 32.6 Å². The van der Waals surface area contributed by atoms with Gasteiger partial charge in [0.15, 0.2) is 5.52 Å². The smallest absolute Gasteiger partial charge is 0.416 e. The molecule has 3 rings (SSSR count). The van der Waals surface area contributed by atoms with Gasteiger partial charge in [-0.25, -0.2) is 13.9 Å². The van der Waals surface area contributed by atoms with Crippen molar-refractivity contribution in [1.82, 2.24) is 15.0 Å². The van der Waals surface area contributed by atoms with Crippen molar-refractivity contribution in [2.45, 2.75) is 19.1 Å². The second-order valence-corrected chi connectivity index (χ2v) is 6.13. The number of carbonyl (C=O) groups is 1. The lowest BCUT2D eigenvalue weighted by Gasteiger charge is -2.13. The topological polar surface area (TPSA) is 88.2 Å². The normalized spacial score (nSPS) is 13.1. The van der Waals surface area contributed by atoms with Crippen molar-refractivity contribution in [2.75, 3.05) is 0 Å². The summed E-state index contributed by atoms with van der Waals surface area (Å²) in [6, 6.07) is 2.00. The molecule has 2 N–H and O–H groups in total. The van der Waals surface area contributed by atoms with Gasteiger partial charge in [0.05, 0.1) is 16.1 Å². The number of carboxylic acid groups (broad SMARTS) is 1. The number of phenolic OH excluding ortho intramolecular Hbond substituents is 1. The Bertz CT molecular complexity index is 1040. The molecule has 0 aliphatic rings. The van der Waals surface area contributed by atoms with Gasteiger partial charge in [-0.05, 0) is 36.8 Å². The Morgan fingerprint density at radius 1 is 1.26 bits per heavy atom. The number of hydrogen-bond acceptors (Lipinski definition) is 4. The standard InChI is InChI=1S/C16H10ClF4N3O3/c1-6(15(26)27)24-11-2-7(3-12(25)14(11)22-23-24)13-9(17)4-8(5-10(13)18)16(19,20)21/h2-6,25H,1H3,(H,26,27). The first kappa shape index (κ1) is 18.9. The van der Waals surface area contributed by atoms with Crippen molar-refractivity contribution in [2.24, 2.45) is 0 Å². The number of rotatable bonds is 3. The van der Waals surface area contributed by atoms with E-state index in [0.717, 1.165) is 10.7 Å². The van der Waals surface area contributed by atoms with Crippen LogP contribution in [-0.2, 0) is 11.0 Å². The van der Waals surface area contributed by atoms with Crippen LogP contribution >= 0.6 is 11.6 Å². The van der Waals surface area contributed by atoms with E-state index in [2.05, 4.69) is 10.3 Å². The molecule has 1 aromatic heterocycles. The van der Waals surface area contributed by atoms with Crippen molar-refractivity contribution in [3.05, 3.63) is 40.7 Å². The third-order valence-electron chi connectivity index (χ3n) is 3.94. The summed E-state index contributed by atoms with van der Waals surface area (Å²) in [6.45, 7) is 1.31. The van der Waals surface area contributed by atoms with Crippen LogP contribution in [0.3, 0.4) is 0 Å². The monoisotopic (exact) mass is 403 g/mol. The summed E-state index contributed by atoms with van der Waals surface area (Å²) >= 11 is 5.85. The Morgan fingerprint density at radius 3 is 2.48 bits per heavy atom. The minimum Gasteiger partial charge on any atom is -0.506 e. The molecule has 0 aliphatic heterocycles. The van der Waals surface area contributed by atoms with Gasteiger partial charge < -0.3 is 10.2 Å². The Labute approximate surface area is 153 Å². The van der Waals surface area contributed by atoms with E-state index in [1.165, 1.54) is 13.0 Å². The molecule has 3 aromatic rings. The molecule has 1 unspecified atom stereocenters. The van der Waals surface area contributed by atoms with E-state index in [4.69, 9.17) is 16.7 Å². The number of phenols is 1. The summed E-state index contributed by atoms with van der Waals surface area (Å²) in [5, 5.41) is 26.0. The SMILES string of the molecule is CC(C(=O)O)n1nnc2c(O)cc(-c3c(F)cc(C(F)(F)F)cc3Cl)cc21. The third kappa shape index (κ3) is 3.27. The maximum absolute atomic E-state index is 14.4. The third-order valence-corrected chi connectivity index (χ3v) is 4.24. The number of fused-ring (bicyclic) bond motifs is 1. The summed E-state index contributed by atoms with van der Waals surface area (Å²) < 4.78 is 53.7. The predicted octanol–water partition coefficient (Wildman–Crippen LogP) is 4.26. The molecular formula is C16H10ClF4N3O3. The first-order chi connectivity index (χ1) is 12.5. The molecule has 2 aromatic carbocycles. The van der Waals surface area contributed by atoms with Gasteiger partial charge in [0.25, 0.3) is 0 Å². The van der Waals surface area contributed by atoms with Gasteiger partial charge in [-0.2, -0.15) is 13.2 Å². The van der Waals surface area contributed by atoms with Crippen LogP contribution in [0, 0.1) is 5.82 Å². The Hall–Kier alpha value is -2.88. The Morgan fingerprint density at radius 2 is 1.93 bits per heavy atom. The molecule has 11 heteroatoms. The van der Waals surface area contributed by atoms with Crippen LogP contribution in [0.4, 0.5) is 17.6 Å². The molecule has 0 saturated heterocycles. The van der Waals surface area contributed by atoms with Gasteiger partial charge in [-0.3, -0.25) is 0 Å². The van der Waals surface area contributed by atoms with E-state index in [0.29, 0.717) is 6.07 Å². The molecule has 0 saturated carbocycles. The summed E-state index contributed by atoms with van der Waals surface area (Å²) in [4.78, 5) is 11.2. The van der Waals surface area contributed by atoms with Crippen LogP contribution in [0.25, 0.3) is 22.2 Å². The minimum absolute atomic E-state index is 0.0460. The highest BCUT2D eigenvalue weighted by Gasteiger charge is 2.32. The number of aromatic hydroxyl groups is 1. The Balaban J connectivity index is 2.24. The van der Waals surface area contributed by atoms with Crippen LogP contribution in [0.15, 0.2) is 24.3 Å². The molecule has 0 aliphatic carbocycles. The van der Waals surface area contributed by atoms with E-state index in [1.807, 2.05) is 0 Å². The fourth-order valence-corrected chi connectivity index (χ4v) is 2.89. The second kappa shape index (κ2) is 6.38. The van der Waals surface area contributed by atoms with Gasteiger partial charge in [0, 0.05) is 5.56 Å². The van der Waals surface area contributed by atoms with Gasteiger partial charge in [0.1, 0.15) is 17.6 Å². The quantitative estimate of drug-likeness (QED) is 0.638. The highest BCUT2D eigenvalue weighted by molar-refractivity contribution is 6.33. The van der Waals surface area contributed by atoms with E-state index in [-0.39, 0.29) is 28.2 Å². The van der Waals surface area contributed by atoms with Crippen LogP contribution < -0.4 is 0 Å². The largest absolute Gasteiger partial charge is 0.506 e. The van der Waals surface area contributed by atoms with E-state index in [9.17, 15) is 27.5 Å². The van der Waals surface area contributed by atoms with Crippen LogP contribution in [0.5, 0.6) is 5.75 Å². The summed E-state index contributed by atoms with van der Waals surface area (Å²) in [6.07, 6.45) is -4.78. The fraction of sp³-hybridized carbons (Fsp3) is 0.188. The molecule has 1 heterocycles. The number of hydrogen-bond donors (Lipinski definition) is 2. The number of halogens is 5. The average molecular weight is 404 g/mol. The number of aliphatic carboxylic acids is 1. The number of aromatic nitrogens is 3. The maximum Gasteiger partial charge on any atom is 0.416 e. The van der Waals surface area contributed by atoms with E-state index >= 15 is 0 Å². The lowest BCUT2D eigenvalue weighted by atomic mass is 10.0. The van der Waals surface area contributed by atoms with Gasteiger partial charge in [-0.15, -0.1) is 5.10 Å². The second-order valence-electron chi connectivity index (χ2n) is 5.72. The van der Waals surface area contributed by atoms with Crippen molar-refractivity contribution in [3.8, 4) is 16.9 Å². The molecule has 0 fully saturated rings. The lowest BCUT2D eigenvalue weighted by Crippen LogP contribution is -2.16. The molecule has 0 radical (unpaired) electrons. The zero-order valence-corrected chi connectivity index (χ0v) is 14.2. The highest BCUT2D eigenvalue weighted by Crippen LogP contribution is 2.40. The molecule has 0 bridgehead atoms. The highest BCUT2D eigenvalue weighted by atomic mass is 35.5. The number of carboxylic acids is 1. The molecule has 6 nitrogen and oxygen atoms in total. The average Bonchev–Trinajstić information content (AvgIpc) is 2.97. The zero-order chi connectivity index (χ0) is 20.1. The van der Waals surface area contributed by atoms with Crippen molar-refractivity contribution in [3.63, 3.8) is 0 Å². The molecule has 1 atom stereocenters. The van der Waals surface area contributed by atoms with Gasteiger partial charge in [0.2, 0.25) is 0 Å².